The molecule has 0 saturated carbocycles. The van der Waals surface area contributed by atoms with Crippen LogP contribution in [0.15, 0.2) is 30.3 Å². The van der Waals surface area contributed by atoms with E-state index in [9.17, 15) is 13.0 Å². The zero-order valence-corrected chi connectivity index (χ0v) is 16.8. The van der Waals surface area contributed by atoms with Crippen molar-refractivity contribution >= 4 is 10.1 Å². The Morgan fingerprint density at radius 2 is 1.36 bits per heavy atom. The van der Waals surface area contributed by atoms with Crippen LogP contribution in [0.4, 0.5) is 0 Å². The first kappa shape index (κ1) is 22.2. The summed E-state index contributed by atoms with van der Waals surface area (Å²) in [5, 5.41) is -0.795. The van der Waals surface area contributed by atoms with E-state index in [1.807, 2.05) is 30.3 Å². The minimum absolute atomic E-state index is 0.361. The van der Waals surface area contributed by atoms with Crippen molar-refractivity contribution in [2.24, 2.45) is 5.92 Å². The van der Waals surface area contributed by atoms with Crippen LogP contribution in [0.3, 0.4) is 0 Å². The lowest BCUT2D eigenvalue weighted by Crippen LogP contribution is -2.17. The molecule has 0 aliphatic carbocycles. The first-order valence-electron chi connectivity index (χ1n) is 10.00. The Morgan fingerprint density at radius 3 is 1.92 bits per heavy atom. The van der Waals surface area contributed by atoms with Gasteiger partial charge in [-0.25, -0.2) is 0 Å². The minimum atomic E-state index is -4.08. The SMILES string of the molecule is CCCCCCCC(CCCCC)CC(c1ccccc1)S(=O)(=O)O. The van der Waals surface area contributed by atoms with E-state index in [0.29, 0.717) is 17.9 Å². The van der Waals surface area contributed by atoms with Gasteiger partial charge in [-0.2, -0.15) is 8.42 Å². The maximum absolute atomic E-state index is 12.0. The molecule has 0 amide bonds. The van der Waals surface area contributed by atoms with Gasteiger partial charge in [0.15, 0.2) is 0 Å². The van der Waals surface area contributed by atoms with Gasteiger partial charge in [-0.15, -0.1) is 0 Å². The fourth-order valence-corrected chi connectivity index (χ4v) is 4.52. The number of unbranched alkanes of at least 4 members (excludes halogenated alkanes) is 6. The van der Waals surface area contributed by atoms with Crippen molar-refractivity contribution in [3.63, 3.8) is 0 Å². The lowest BCUT2D eigenvalue weighted by atomic mass is 9.89. The summed E-state index contributed by atoms with van der Waals surface area (Å²) in [5.41, 5.74) is 0.705. The van der Waals surface area contributed by atoms with Gasteiger partial charge >= 0.3 is 0 Å². The van der Waals surface area contributed by atoms with Crippen molar-refractivity contribution in [3.05, 3.63) is 35.9 Å². The predicted molar refractivity (Wildman–Crippen MR) is 106 cm³/mol. The van der Waals surface area contributed by atoms with Gasteiger partial charge in [0, 0.05) is 0 Å². The van der Waals surface area contributed by atoms with Gasteiger partial charge in [0.2, 0.25) is 0 Å². The molecule has 144 valence electrons. The van der Waals surface area contributed by atoms with Gasteiger partial charge in [-0.1, -0.05) is 108 Å². The molecule has 1 rings (SSSR count). The van der Waals surface area contributed by atoms with E-state index in [1.54, 1.807) is 0 Å². The third-order valence-electron chi connectivity index (χ3n) is 5.01. The van der Waals surface area contributed by atoms with Crippen LogP contribution >= 0.6 is 0 Å². The van der Waals surface area contributed by atoms with Crippen molar-refractivity contribution in [1.29, 1.82) is 0 Å². The summed E-state index contributed by atoms with van der Waals surface area (Å²) in [4.78, 5) is 0. The van der Waals surface area contributed by atoms with E-state index in [2.05, 4.69) is 13.8 Å². The lowest BCUT2D eigenvalue weighted by Gasteiger charge is -2.22. The summed E-state index contributed by atoms with van der Waals surface area (Å²) >= 11 is 0. The highest BCUT2D eigenvalue weighted by Crippen LogP contribution is 2.33. The van der Waals surface area contributed by atoms with Crippen LogP contribution < -0.4 is 0 Å². The summed E-state index contributed by atoms with van der Waals surface area (Å²) in [6.45, 7) is 4.40. The molecule has 25 heavy (non-hydrogen) atoms. The molecular weight excluding hydrogens is 332 g/mol. The van der Waals surface area contributed by atoms with Gasteiger partial charge in [-0.05, 0) is 17.9 Å². The second kappa shape index (κ2) is 12.5. The van der Waals surface area contributed by atoms with Crippen LogP contribution in [-0.2, 0) is 10.1 Å². The Kier molecular flexibility index (Phi) is 11.1. The third-order valence-corrected chi connectivity index (χ3v) is 6.19. The van der Waals surface area contributed by atoms with E-state index in [4.69, 9.17) is 0 Å². The van der Waals surface area contributed by atoms with Crippen LogP contribution in [0, 0.1) is 5.92 Å². The second-order valence-corrected chi connectivity index (χ2v) is 8.81. The molecule has 2 unspecified atom stereocenters. The van der Waals surface area contributed by atoms with Gasteiger partial charge < -0.3 is 0 Å². The fraction of sp³-hybridized carbons (Fsp3) is 0.714. The molecule has 0 aliphatic heterocycles. The molecule has 1 N–H and O–H groups in total. The zero-order chi connectivity index (χ0) is 18.5. The van der Waals surface area contributed by atoms with E-state index in [1.165, 1.54) is 38.5 Å². The predicted octanol–water partition coefficient (Wildman–Crippen LogP) is 6.56. The molecule has 0 heterocycles. The summed E-state index contributed by atoms with van der Waals surface area (Å²) in [6.07, 6.45) is 12.3. The van der Waals surface area contributed by atoms with Crippen molar-refractivity contribution in [2.45, 2.75) is 89.7 Å². The number of hydrogen-bond donors (Lipinski definition) is 1. The Morgan fingerprint density at radius 1 is 0.840 bits per heavy atom. The standard InChI is InChI=1S/C21H36O3S/c1-3-5-7-8-11-15-19(14-10-6-4-2)18-21(25(22,23)24)20-16-12-9-13-17-20/h9,12-13,16-17,19,21H,3-8,10-11,14-15,18H2,1-2H3,(H,22,23,24). The topological polar surface area (TPSA) is 54.4 Å². The van der Waals surface area contributed by atoms with Gasteiger partial charge in [-0.3, -0.25) is 4.55 Å². The molecule has 0 radical (unpaired) electrons. The number of hydrogen-bond acceptors (Lipinski definition) is 2. The van der Waals surface area contributed by atoms with Gasteiger partial charge in [0.25, 0.3) is 10.1 Å². The highest BCUT2D eigenvalue weighted by molar-refractivity contribution is 7.86. The number of rotatable bonds is 14. The quantitative estimate of drug-likeness (QED) is 0.299. The van der Waals surface area contributed by atoms with Gasteiger partial charge in [0.05, 0.1) is 0 Å². The van der Waals surface area contributed by atoms with Crippen molar-refractivity contribution in [3.8, 4) is 0 Å². The molecule has 2 atom stereocenters. The molecule has 0 aromatic heterocycles. The summed E-state index contributed by atoms with van der Waals surface area (Å²) in [5.74, 6) is 0.361. The monoisotopic (exact) mass is 368 g/mol. The van der Waals surface area contributed by atoms with Crippen LogP contribution in [0.2, 0.25) is 0 Å². The maximum atomic E-state index is 12.0. The molecule has 1 aromatic carbocycles. The van der Waals surface area contributed by atoms with Crippen LogP contribution in [0.5, 0.6) is 0 Å². The normalized spacial score (nSPS) is 14.4. The fourth-order valence-electron chi connectivity index (χ4n) is 3.50. The van der Waals surface area contributed by atoms with Crippen LogP contribution in [0.1, 0.15) is 95.3 Å². The lowest BCUT2D eigenvalue weighted by molar-refractivity contribution is 0.366. The molecule has 4 heteroatoms. The van der Waals surface area contributed by atoms with Crippen LogP contribution in [0.25, 0.3) is 0 Å². The molecule has 0 bridgehead atoms. The molecule has 0 aliphatic rings. The number of benzene rings is 1. The minimum Gasteiger partial charge on any atom is -0.285 e. The highest BCUT2D eigenvalue weighted by atomic mass is 32.2. The zero-order valence-electron chi connectivity index (χ0n) is 16.0. The average Bonchev–Trinajstić information content (AvgIpc) is 2.58. The Bertz CT molecular complexity index is 540. The maximum Gasteiger partial charge on any atom is 0.271 e. The molecule has 0 fully saturated rings. The Labute approximate surface area is 155 Å². The molecule has 0 saturated heterocycles. The molecule has 3 nitrogen and oxygen atoms in total. The third kappa shape index (κ3) is 9.41. The largest absolute Gasteiger partial charge is 0.285 e. The summed E-state index contributed by atoms with van der Waals surface area (Å²) in [7, 11) is -4.08. The first-order valence-corrected chi connectivity index (χ1v) is 11.5. The summed E-state index contributed by atoms with van der Waals surface area (Å²) < 4.78 is 33.7. The smallest absolute Gasteiger partial charge is 0.271 e. The van der Waals surface area contributed by atoms with Crippen molar-refractivity contribution in [1.82, 2.24) is 0 Å². The summed E-state index contributed by atoms with van der Waals surface area (Å²) in [6, 6.07) is 9.16. The first-order chi connectivity index (χ1) is 12.0. The van der Waals surface area contributed by atoms with Gasteiger partial charge in [0.1, 0.15) is 5.25 Å². The van der Waals surface area contributed by atoms with E-state index < -0.39 is 15.4 Å². The average molecular weight is 369 g/mol. The molecule has 1 aromatic rings. The van der Waals surface area contributed by atoms with E-state index >= 15 is 0 Å². The van der Waals surface area contributed by atoms with E-state index in [-0.39, 0.29) is 0 Å². The Hall–Kier alpha value is -0.870. The molecular formula is C21H36O3S. The van der Waals surface area contributed by atoms with Crippen LogP contribution in [-0.4, -0.2) is 13.0 Å². The van der Waals surface area contributed by atoms with E-state index in [0.717, 1.165) is 25.7 Å². The van der Waals surface area contributed by atoms with Crippen molar-refractivity contribution < 1.29 is 13.0 Å². The Balaban J connectivity index is 2.72. The molecule has 0 spiro atoms. The highest BCUT2D eigenvalue weighted by Gasteiger charge is 2.28. The second-order valence-electron chi connectivity index (χ2n) is 7.21. The van der Waals surface area contributed by atoms with Crippen molar-refractivity contribution in [2.75, 3.05) is 0 Å².